The van der Waals surface area contributed by atoms with Crippen molar-refractivity contribution in [3.8, 4) is 0 Å². The Morgan fingerprint density at radius 2 is 2.14 bits per heavy atom. The van der Waals surface area contributed by atoms with Gasteiger partial charge >= 0.3 is 5.97 Å². The highest BCUT2D eigenvalue weighted by molar-refractivity contribution is 6.31. The highest BCUT2D eigenvalue weighted by atomic mass is 35.5. The van der Waals surface area contributed by atoms with Gasteiger partial charge in [0, 0.05) is 17.0 Å². The van der Waals surface area contributed by atoms with Gasteiger partial charge in [0.05, 0.1) is 0 Å². The van der Waals surface area contributed by atoms with E-state index >= 15 is 0 Å². The summed E-state index contributed by atoms with van der Waals surface area (Å²) in [6, 6.07) is 7.51. The van der Waals surface area contributed by atoms with Crippen molar-refractivity contribution in [3.63, 3.8) is 0 Å². The van der Waals surface area contributed by atoms with E-state index in [9.17, 15) is 4.79 Å². The lowest BCUT2D eigenvalue weighted by Crippen LogP contribution is -2.17. The van der Waals surface area contributed by atoms with E-state index in [1.54, 1.807) is 0 Å². The lowest BCUT2D eigenvalue weighted by Gasteiger charge is -2.23. The Hall–Kier alpha value is -1.02. The molecular formula is C11H11ClO2. The third-order valence-electron chi connectivity index (χ3n) is 2.37. The Kier molecular flexibility index (Phi) is 2.73. The first-order valence-electron chi connectivity index (χ1n) is 4.71. The molecule has 0 aliphatic carbocycles. The fourth-order valence-corrected chi connectivity index (χ4v) is 1.92. The molecule has 1 fully saturated rings. The average Bonchev–Trinajstić information content (AvgIpc) is 2.18. The van der Waals surface area contributed by atoms with E-state index in [1.807, 2.05) is 24.3 Å². The second-order valence-electron chi connectivity index (χ2n) is 3.39. The van der Waals surface area contributed by atoms with Crippen LogP contribution in [-0.4, -0.2) is 5.97 Å². The maximum absolute atomic E-state index is 11.1. The molecule has 14 heavy (non-hydrogen) atoms. The number of cyclic esters (lactones) is 1. The molecule has 0 radical (unpaired) electrons. The number of carbonyl (C=O) groups excluding carboxylic acids is 1. The van der Waals surface area contributed by atoms with Crippen molar-refractivity contribution in [2.24, 2.45) is 0 Å². The minimum Gasteiger partial charge on any atom is -0.457 e. The van der Waals surface area contributed by atoms with Crippen LogP contribution in [0.5, 0.6) is 0 Å². The van der Waals surface area contributed by atoms with E-state index in [1.165, 1.54) is 0 Å². The minimum absolute atomic E-state index is 0.124. The van der Waals surface area contributed by atoms with Crippen molar-refractivity contribution in [2.75, 3.05) is 0 Å². The number of halogens is 1. The monoisotopic (exact) mass is 210 g/mol. The van der Waals surface area contributed by atoms with Gasteiger partial charge in [-0.05, 0) is 18.9 Å². The summed E-state index contributed by atoms with van der Waals surface area (Å²) in [7, 11) is 0. The van der Waals surface area contributed by atoms with E-state index in [0.29, 0.717) is 11.4 Å². The molecule has 2 rings (SSSR count). The van der Waals surface area contributed by atoms with Gasteiger partial charge in [-0.3, -0.25) is 4.79 Å². The molecule has 2 nitrogen and oxygen atoms in total. The van der Waals surface area contributed by atoms with Crippen molar-refractivity contribution < 1.29 is 9.53 Å². The molecule has 1 aromatic carbocycles. The molecule has 0 bridgehead atoms. The first-order chi connectivity index (χ1) is 6.77. The Labute approximate surface area is 87.8 Å². The summed E-state index contributed by atoms with van der Waals surface area (Å²) in [5.74, 6) is -0.124. The van der Waals surface area contributed by atoms with Crippen LogP contribution in [0.2, 0.25) is 5.02 Å². The average molecular weight is 211 g/mol. The summed E-state index contributed by atoms with van der Waals surface area (Å²) in [6.45, 7) is 0. The van der Waals surface area contributed by atoms with Crippen LogP contribution in [0.25, 0.3) is 0 Å². The van der Waals surface area contributed by atoms with E-state index in [-0.39, 0.29) is 12.1 Å². The molecular weight excluding hydrogens is 200 g/mol. The molecule has 0 spiro atoms. The molecule has 0 amide bonds. The van der Waals surface area contributed by atoms with Crippen LogP contribution < -0.4 is 0 Å². The largest absolute Gasteiger partial charge is 0.457 e. The lowest BCUT2D eigenvalue weighted by atomic mass is 10.0. The van der Waals surface area contributed by atoms with Crippen molar-refractivity contribution in [1.82, 2.24) is 0 Å². The van der Waals surface area contributed by atoms with E-state index in [4.69, 9.17) is 16.3 Å². The van der Waals surface area contributed by atoms with Crippen molar-refractivity contribution >= 4 is 17.6 Å². The number of rotatable bonds is 1. The van der Waals surface area contributed by atoms with Gasteiger partial charge in [-0.1, -0.05) is 29.8 Å². The number of benzene rings is 1. The normalized spacial score (nSPS) is 21.8. The van der Waals surface area contributed by atoms with Crippen LogP contribution >= 0.6 is 11.6 Å². The predicted molar refractivity (Wildman–Crippen MR) is 54.1 cm³/mol. The van der Waals surface area contributed by atoms with Gasteiger partial charge in [-0.15, -0.1) is 0 Å². The topological polar surface area (TPSA) is 26.3 Å². The van der Waals surface area contributed by atoms with Crippen LogP contribution in [0.1, 0.15) is 30.9 Å². The number of hydrogen-bond acceptors (Lipinski definition) is 2. The zero-order valence-corrected chi connectivity index (χ0v) is 8.46. The molecule has 1 aliphatic rings. The maximum atomic E-state index is 11.1. The summed E-state index contributed by atoms with van der Waals surface area (Å²) >= 11 is 6.01. The molecule has 0 N–H and O–H groups in total. The maximum Gasteiger partial charge on any atom is 0.306 e. The standard InChI is InChI=1S/C11H11ClO2/c12-9-5-2-1-4-8(9)10-6-3-7-11(13)14-10/h1-2,4-5,10H,3,6-7H2/t10-/m0/s1. The fourth-order valence-electron chi connectivity index (χ4n) is 1.66. The smallest absolute Gasteiger partial charge is 0.306 e. The molecule has 1 saturated heterocycles. The second kappa shape index (κ2) is 4.01. The van der Waals surface area contributed by atoms with Gasteiger partial charge in [0.15, 0.2) is 0 Å². The first kappa shape index (κ1) is 9.53. The molecule has 74 valence electrons. The van der Waals surface area contributed by atoms with Gasteiger partial charge in [-0.25, -0.2) is 0 Å². The van der Waals surface area contributed by atoms with Crippen LogP contribution in [0, 0.1) is 0 Å². The Balaban J connectivity index is 2.22. The van der Waals surface area contributed by atoms with E-state index in [2.05, 4.69) is 0 Å². The highest BCUT2D eigenvalue weighted by Crippen LogP contribution is 2.32. The number of ether oxygens (including phenoxy) is 1. The Morgan fingerprint density at radius 3 is 2.86 bits per heavy atom. The molecule has 1 aliphatic heterocycles. The summed E-state index contributed by atoms with van der Waals surface area (Å²) in [4.78, 5) is 11.1. The number of esters is 1. The van der Waals surface area contributed by atoms with Crippen molar-refractivity contribution in [3.05, 3.63) is 34.9 Å². The highest BCUT2D eigenvalue weighted by Gasteiger charge is 2.23. The Bertz CT molecular complexity index is 349. The zero-order chi connectivity index (χ0) is 9.97. The minimum atomic E-state index is -0.148. The van der Waals surface area contributed by atoms with Gasteiger partial charge in [0.25, 0.3) is 0 Å². The van der Waals surface area contributed by atoms with Crippen LogP contribution in [0.15, 0.2) is 24.3 Å². The molecule has 1 atom stereocenters. The molecule has 0 unspecified atom stereocenters. The van der Waals surface area contributed by atoms with Gasteiger partial charge in [-0.2, -0.15) is 0 Å². The molecule has 3 heteroatoms. The fraction of sp³-hybridized carbons (Fsp3) is 0.364. The lowest BCUT2D eigenvalue weighted by molar-refractivity contribution is -0.154. The van der Waals surface area contributed by atoms with Crippen LogP contribution in [0.3, 0.4) is 0 Å². The zero-order valence-electron chi connectivity index (χ0n) is 7.70. The summed E-state index contributed by atoms with van der Waals surface area (Å²) < 4.78 is 5.23. The van der Waals surface area contributed by atoms with Gasteiger partial charge in [0.1, 0.15) is 6.10 Å². The molecule has 1 aromatic rings. The van der Waals surface area contributed by atoms with E-state index in [0.717, 1.165) is 18.4 Å². The van der Waals surface area contributed by atoms with Crippen LogP contribution in [-0.2, 0) is 9.53 Å². The summed E-state index contributed by atoms with van der Waals surface area (Å²) in [5.41, 5.74) is 0.919. The Morgan fingerprint density at radius 1 is 1.36 bits per heavy atom. The van der Waals surface area contributed by atoms with Crippen LogP contribution in [0.4, 0.5) is 0 Å². The van der Waals surface area contributed by atoms with Crippen molar-refractivity contribution in [1.29, 1.82) is 0 Å². The number of hydrogen-bond donors (Lipinski definition) is 0. The SMILES string of the molecule is O=C1CCC[C@@H](c2ccccc2Cl)O1. The summed E-state index contributed by atoms with van der Waals surface area (Å²) in [6.07, 6.45) is 2.13. The third kappa shape index (κ3) is 1.90. The number of carbonyl (C=O) groups is 1. The molecule has 1 heterocycles. The first-order valence-corrected chi connectivity index (χ1v) is 5.09. The van der Waals surface area contributed by atoms with Gasteiger partial charge in [0.2, 0.25) is 0 Å². The predicted octanol–water partition coefficient (Wildman–Crippen LogP) is 3.11. The van der Waals surface area contributed by atoms with Gasteiger partial charge < -0.3 is 4.74 Å². The quantitative estimate of drug-likeness (QED) is 0.666. The molecule has 0 aromatic heterocycles. The summed E-state index contributed by atoms with van der Waals surface area (Å²) in [5, 5.41) is 0.673. The van der Waals surface area contributed by atoms with E-state index < -0.39 is 0 Å². The molecule has 0 saturated carbocycles. The second-order valence-corrected chi connectivity index (χ2v) is 3.80. The van der Waals surface area contributed by atoms with Crippen molar-refractivity contribution in [2.45, 2.75) is 25.4 Å². The third-order valence-corrected chi connectivity index (χ3v) is 2.72.